The number of carbonyl (C=O) groups is 1. The van der Waals surface area contributed by atoms with Crippen LogP contribution in [-0.4, -0.2) is 12.4 Å². The molecular formula is C15H20O2. The molecule has 1 aromatic carbocycles. The van der Waals surface area contributed by atoms with Gasteiger partial charge >= 0.3 is 0 Å². The van der Waals surface area contributed by atoms with Crippen LogP contribution in [0.1, 0.15) is 31.7 Å². The Morgan fingerprint density at radius 2 is 2.06 bits per heavy atom. The van der Waals surface area contributed by atoms with Crippen LogP contribution >= 0.6 is 0 Å². The summed E-state index contributed by atoms with van der Waals surface area (Å²) in [6.07, 6.45) is 1.83. The van der Waals surface area contributed by atoms with Gasteiger partial charge in [-0.2, -0.15) is 0 Å². The van der Waals surface area contributed by atoms with Crippen molar-refractivity contribution in [1.29, 1.82) is 0 Å². The fourth-order valence-corrected chi connectivity index (χ4v) is 1.47. The van der Waals surface area contributed by atoms with E-state index < -0.39 is 0 Å². The van der Waals surface area contributed by atoms with Crippen molar-refractivity contribution in [1.82, 2.24) is 0 Å². The zero-order valence-corrected chi connectivity index (χ0v) is 10.7. The molecule has 0 fully saturated rings. The van der Waals surface area contributed by atoms with Gasteiger partial charge in [0.15, 0.2) is 0 Å². The van der Waals surface area contributed by atoms with Gasteiger partial charge < -0.3 is 4.74 Å². The molecule has 92 valence electrons. The lowest BCUT2D eigenvalue weighted by atomic mass is 10.1. The third kappa shape index (κ3) is 5.91. The second-order valence-electron chi connectivity index (χ2n) is 4.41. The molecule has 0 unspecified atom stereocenters. The topological polar surface area (TPSA) is 26.3 Å². The summed E-state index contributed by atoms with van der Waals surface area (Å²) in [5.41, 5.74) is 2.22. The highest BCUT2D eigenvalue weighted by Gasteiger charge is 2.02. The van der Waals surface area contributed by atoms with E-state index in [1.54, 1.807) is 0 Å². The third-order valence-corrected chi connectivity index (χ3v) is 2.47. The molecule has 17 heavy (non-hydrogen) atoms. The Balaban J connectivity index is 2.23. The van der Waals surface area contributed by atoms with E-state index in [1.165, 1.54) is 0 Å². The smallest absolute Gasteiger partial charge is 0.136 e. The monoisotopic (exact) mass is 232 g/mol. The quantitative estimate of drug-likeness (QED) is 0.670. The second-order valence-corrected chi connectivity index (χ2v) is 4.41. The standard InChI is InChI=1S/C15H20O2/c1-12(2)7-8-14(16)9-10-17-15-6-4-5-13(3)11-15/h4-6,11H,1,7-10H2,2-3H3. The van der Waals surface area contributed by atoms with Crippen LogP contribution in [0.25, 0.3) is 0 Å². The molecule has 0 aromatic heterocycles. The Labute approximate surface area is 103 Å². The zero-order chi connectivity index (χ0) is 12.7. The Kier molecular flexibility index (Phi) is 5.47. The predicted octanol–water partition coefficient (Wildman–Crippen LogP) is 3.69. The predicted molar refractivity (Wildman–Crippen MR) is 70.3 cm³/mol. The summed E-state index contributed by atoms with van der Waals surface area (Å²) in [6, 6.07) is 7.85. The van der Waals surface area contributed by atoms with Gasteiger partial charge in [0.05, 0.1) is 6.61 Å². The minimum absolute atomic E-state index is 0.237. The molecule has 2 heteroatoms. The van der Waals surface area contributed by atoms with Crippen LogP contribution in [0.15, 0.2) is 36.4 Å². The first-order valence-electron chi connectivity index (χ1n) is 5.93. The van der Waals surface area contributed by atoms with E-state index in [4.69, 9.17) is 4.74 Å². The van der Waals surface area contributed by atoms with Crippen molar-refractivity contribution in [2.45, 2.75) is 33.1 Å². The van der Waals surface area contributed by atoms with Crippen molar-refractivity contribution in [3.8, 4) is 5.75 Å². The molecule has 0 spiro atoms. The van der Waals surface area contributed by atoms with Crippen LogP contribution in [0, 0.1) is 6.92 Å². The lowest BCUT2D eigenvalue weighted by Crippen LogP contribution is -2.06. The van der Waals surface area contributed by atoms with Gasteiger partial charge in [0.25, 0.3) is 0 Å². The molecule has 0 aliphatic carbocycles. The van der Waals surface area contributed by atoms with Gasteiger partial charge in [-0.3, -0.25) is 4.79 Å². The average Bonchev–Trinajstić information content (AvgIpc) is 2.26. The number of benzene rings is 1. The van der Waals surface area contributed by atoms with E-state index in [1.807, 2.05) is 38.1 Å². The highest BCUT2D eigenvalue weighted by atomic mass is 16.5. The SMILES string of the molecule is C=C(C)CCC(=O)CCOc1cccc(C)c1. The fourth-order valence-electron chi connectivity index (χ4n) is 1.47. The zero-order valence-electron chi connectivity index (χ0n) is 10.7. The molecule has 2 nitrogen and oxygen atoms in total. The average molecular weight is 232 g/mol. The number of Topliss-reactive ketones (excluding diaryl/α,β-unsaturated/α-hetero) is 1. The number of hydrogen-bond donors (Lipinski definition) is 0. The van der Waals surface area contributed by atoms with Crippen LogP contribution in [0.2, 0.25) is 0 Å². The van der Waals surface area contributed by atoms with Gasteiger partial charge in [0, 0.05) is 12.8 Å². The summed E-state index contributed by atoms with van der Waals surface area (Å²) in [5.74, 6) is 1.07. The van der Waals surface area contributed by atoms with E-state index in [0.29, 0.717) is 19.4 Å². The largest absolute Gasteiger partial charge is 0.493 e. The van der Waals surface area contributed by atoms with Crippen molar-refractivity contribution in [3.63, 3.8) is 0 Å². The summed E-state index contributed by atoms with van der Waals surface area (Å²) < 4.78 is 5.52. The fraction of sp³-hybridized carbons (Fsp3) is 0.400. The summed E-state index contributed by atoms with van der Waals surface area (Å²) in [5, 5.41) is 0. The minimum atomic E-state index is 0.237. The number of hydrogen-bond acceptors (Lipinski definition) is 2. The van der Waals surface area contributed by atoms with Crippen molar-refractivity contribution < 1.29 is 9.53 Å². The first-order valence-corrected chi connectivity index (χ1v) is 5.93. The molecule has 1 rings (SSSR count). The van der Waals surface area contributed by atoms with Crippen LogP contribution in [0.5, 0.6) is 5.75 Å². The number of aryl methyl sites for hydroxylation is 1. The van der Waals surface area contributed by atoms with Crippen LogP contribution in [0.4, 0.5) is 0 Å². The van der Waals surface area contributed by atoms with Gasteiger partial charge in [-0.15, -0.1) is 6.58 Å². The molecule has 0 bridgehead atoms. The number of carbonyl (C=O) groups excluding carboxylic acids is 1. The molecule has 0 saturated carbocycles. The maximum atomic E-state index is 11.5. The summed E-state index contributed by atoms with van der Waals surface area (Å²) >= 11 is 0. The number of allylic oxidation sites excluding steroid dienone is 1. The molecule has 0 aliphatic rings. The van der Waals surface area contributed by atoms with Gasteiger partial charge in [-0.1, -0.05) is 17.7 Å². The Morgan fingerprint density at radius 1 is 1.29 bits per heavy atom. The minimum Gasteiger partial charge on any atom is -0.493 e. The lowest BCUT2D eigenvalue weighted by Gasteiger charge is -2.06. The van der Waals surface area contributed by atoms with Crippen molar-refractivity contribution >= 4 is 5.78 Å². The number of ether oxygens (including phenoxy) is 1. The van der Waals surface area contributed by atoms with E-state index in [9.17, 15) is 4.79 Å². The highest BCUT2D eigenvalue weighted by Crippen LogP contribution is 2.12. The number of rotatable bonds is 7. The summed E-state index contributed by atoms with van der Waals surface area (Å²) in [4.78, 5) is 11.5. The number of ketones is 1. The van der Waals surface area contributed by atoms with Crippen molar-refractivity contribution in [2.24, 2.45) is 0 Å². The van der Waals surface area contributed by atoms with Crippen molar-refractivity contribution in [3.05, 3.63) is 42.0 Å². The molecule has 0 heterocycles. The molecule has 0 N–H and O–H groups in total. The molecule has 0 saturated heterocycles. The first kappa shape index (κ1) is 13.5. The second kappa shape index (κ2) is 6.89. The maximum absolute atomic E-state index is 11.5. The van der Waals surface area contributed by atoms with E-state index >= 15 is 0 Å². The van der Waals surface area contributed by atoms with E-state index in [-0.39, 0.29) is 5.78 Å². The van der Waals surface area contributed by atoms with Gasteiger partial charge in [0.1, 0.15) is 11.5 Å². The molecule has 0 radical (unpaired) electrons. The maximum Gasteiger partial charge on any atom is 0.136 e. The molecule has 0 amide bonds. The Hall–Kier alpha value is -1.57. The van der Waals surface area contributed by atoms with Gasteiger partial charge in [-0.25, -0.2) is 0 Å². The van der Waals surface area contributed by atoms with E-state index in [2.05, 4.69) is 6.58 Å². The van der Waals surface area contributed by atoms with Gasteiger partial charge in [0.2, 0.25) is 0 Å². The van der Waals surface area contributed by atoms with Crippen LogP contribution in [0.3, 0.4) is 0 Å². The third-order valence-electron chi connectivity index (χ3n) is 2.47. The van der Waals surface area contributed by atoms with Crippen LogP contribution in [-0.2, 0) is 4.79 Å². The van der Waals surface area contributed by atoms with E-state index in [0.717, 1.165) is 23.3 Å². The summed E-state index contributed by atoms with van der Waals surface area (Å²) in [6.45, 7) is 8.20. The Morgan fingerprint density at radius 3 is 2.71 bits per heavy atom. The molecule has 0 aliphatic heterocycles. The normalized spacial score (nSPS) is 10.0. The molecular weight excluding hydrogens is 212 g/mol. The van der Waals surface area contributed by atoms with Crippen LogP contribution < -0.4 is 4.74 Å². The van der Waals surface area contributed by atoms with Gasteiger partial charge in [-0.05, 0) is 38.0 Å². The van der Waals surface area contributed by atoms with Crippen molar-refractivity contribution in [2.75, 3.05) is 6.61 Å². The highest BCUT2D eigenvalue weighted by molar-refractivity contribution is 5.78. The summed E-state index contributed by atoms with van der Waals surface area (Å²) in [7, 11) is 0. The lowest BCUT2D eigenvalue weighted by molar-refractivity contribution is -0.119. The Bertz CT molecular complexity index is 394. The molecule has 0 atom stereocenters. The molecule has 1 aromatic rings. The first-order chi connectivity index (χ1) is 8.08.